The van der Waals surface area contributed by atoms with E-state index in [1.54, 1.807) is 0 Å². The van der Waals surface area contributed by atoms with Crippen LogP contribution in [0.25, 0.3) is 0 Å². The smallest absolute Gasteiger partial charge is 0.265 e. The van der Waals surface area contributed by atoms with E-state index < -0.39 is 7.59 Å². The van der Waals surface area contributed by atoms with E-state index in [2.05, 4.69) is 32.7 Å². The molecule has 0 nitrogen and oxygen atoms in total. The van der Waals surface area contributed by atoms with Gasteiger partial charge in [0.25, 0.3) is 0 Å². The summed E-state index contributed by atoms with van der Waals surface area (Å²) in [5.74, 6) is 0. The summed E-state index contributed by atoms with van der Waals surface area (Å²) in [4.78, 5) is 0. The van der Waals surface area contributed by atoms with Crippen LogP contribution in [0.5, 0.6) is 0 Å². The molecule has 0 radical (unpaired) electrons. The molecule has 0 fully saturated rings. The van der Waals surface area contributed by atoms with E-state index in [0.29, 0.717) is 0 Å². The second-order valence-electron chi connectivity index (χ2n) is 3.25. The van der Waals surface area contributed by atoms with Gasteiger partial charge < -0.3 is 0 Å². The van der Waals surface area contributed by atoms with Crippen LogP contribution in [0.2, 0.25) is 32.7 Å². The molecule has 0 atom stereocenters. The van der Waals surface area contributed by atoms with Crippen LogP contribution in [0, 0.1) is 0 Å². The summed E-state index contributed by atoms with van der Waals surface area (Å²) in [5.41, 5.74) is 0. The molecule has 0 aromatic carbocycles. The summed E-state index contributed by atoms with van der Waals surface area (Å²) in [7, 11) is -0.544. The predicted molar refractivity (Wildman–Crippen MR) is 40.8 cm³/mol. The molecule has 0 aromatic heterocycles. The molecule has 0 N–H and O–H groups in total. The average Bonchev–Trinajstić information content (AvgIpc) is 1.31. The van der Waals surface area contributed by atoms with Crippen LogP contribution in [0.1, 0.15) is 0 Å². The zero-order chi connectivity index (χ0) is 6.08. The molecule has 8 heavy (non-hydrogen) atoms. The number of hydrogen-bond acceptors (Lipinski definition) is 0. The van der Waals surface area contributed by atoms with Crippen molar-refractivity contribution in [2.75, 3.05) is 0 Å². The molecule has 0 saturated heterocycles. The Morgan fingerprint density at radius 2 is 1.12 bits per heavy atom. The van der Waals surface area contributed by atoms with Gasteiger partial charge in [-0.25, -0.2) is 0 Å². The molecule has 0 bridgehead atoms. The quantitative estimate of drug-likeness (QED) is 0.415. The van der Waals surface area contributed by atoms with Crippen molar-refractivity contribution in [2.45, 2.75) is 32.7 Å². The Morgan fingerprint density at radius 1 is 1.00 bits per heavy atom. The average molecular weight is 138 g/mol. The van der Waals surface area contributed by atoms with E-state index in [-0.39, 0.29) is 27.2 Å². The van der Waals surface area contributed by atoms with Gasteiger partial charge in [0.2, 0.25) is 0 Å². The number of hydrogen-bond donors (Lipinski definition) is 0. The summed E-state index contributed by atoms with van der Waals surface area (Å²) < 4.78 is 0. The Morgan fingerprint density at radius 3 is 1.12 bits per heavy atom. The molecule has 0 heterocycles. The maximum atomic E-state index is 2.45. The number of rotatable bonds is 1. The van der Waals surface area contributed by atoms with Crippen LogP contribution in [0.15, 0.2) is 0 Å². The maximum absolute atomic E-state index is 2.45. The summed E-state index contributed by atoms with van der Waals surface area (Å²) in [6, 6.07) is 0. The van der Waals surface area contributed by atoms with Gasteiger partial charge in [-0.3, -0.25) is 8.31 Å². The summed E-state index contributed by atoms with van der Waals surface area (Å²) in [6.07, 6.45) is 0. The monoisotopic (exact) mass is 138 g/mol. The zero-order valence-electron chi connectivity index (χ0n) is 7.00. The summed E-state index contributed by atoms with van der Waals surface area (Å²) in [6.45, 7) is 12.2. The van der Waals surface area contributed by atoms with Crippen LogP contribution in [0.3, 0.4) is 0 Å². The van der Waals surface area contributed by atoms with Crippen LogP contribution in [0.4, 0.5) is 0 Å². The Bertz CT molecular complexity index is 55.9. The van der Waals surface area contributed by atoms with Crippen molar-refractivity contribution >= 4 is 15.9 Å². The van der Waals surface area contributed by atoms with Crippen LogP contribution >= 0.6 is 0 Å². The SMILES string of the molecule is C[Si-](C)[Si](C)(C)C.[Li+]. The largest absolute Gasteiger partial charge is 1.00 e. The molecule has 0 amide bonds. The van der Waals surface area contributed by atoms with E-state index in [1.807, 2.05) is 0 Å². The first-order valence-corrected chi connectivity index (χ1v) is 9.75. The third-order valence-corrected chi connectivity index (χ3v) is 13.5. The predicted octanol–water partition coefficient (Wildman–Crippen LogP) is -0.839. The maximum Gasteiger partial charge on any atom is 1.00 e. The zero-order valence-corrected chi connectivity index (χ0v) is 9.00. The van der Waals surface area contributed by atoms with Crippen molar-refractivity contribution in [3.05, 3.63) is 0 Å². The van der Waals surface area contributed by atoms with E-state index >= 15 is 0 Å². The molecule has 0 spiro atoms. The van der Waals surface area contributed by atoms with Gasteiger partial charge in [-0.1, -0.05) is 19.6 Å². The van der Waals surface area contributed by atoms with Gasteiger partial charge in [0.1, 0.15) is 0 Å². The van der Waals surface area contributed by atoms with Crippen LogP contribution in [-0.4, -0.2) is 15.9 Å². The van der Waals surface area contributed by atoms with E-state index in [0.717, 1.165) is 0 Å². The van der Waals surface area contributed by atoms with Gasteiger partial charge in [0.15, 0.2) is 0 Å². The van der Waals surface area contributed by atoms with Gasteiger partial charge in [-0.15, -0.1) is 7.59 Å². The van der Waals surface area contributed by atoms with E-state index in [4.69, 9.17) is 0 Å². The van der Waals surface area contributed by atoms with E-state index in [1.165, 1.54) is 0 Å². The minimum atomic E-state index is -0.633. The molecule has 0 aliphatic rings. The van der Waals surface area contributed by atoms with Crippen LogP contribution < -0.4 is 18.9 Å². The fourth-order valence-corrected chi connectivity index (χ4v) is 0. The van der Waals surface area contributed by atoms with Crippen molar-refractivity contribution in [2.24, 2.45) is 0 Å². The Labute approximate surface area is 67.6 Å². The Hall–Kier alpha value is 1.03. The van der Waals surface area contributed by atoms with Gasteiger partial charge in [0, 0.05) is 0 Å². The van der Waals surface area contributed by atoms with Crippen molar-refractivity contribution in [3.8, 4) is 0 Å². The second kappa shape index (κ2) is 3.95. The Kier molecular flexibility index (Phi) is 5.81. The van der Waals surface area contributed by atoms with Gasteiger partial charge in [-0.05, 0) is 0 Å². The van der Waals surface area contributed by atoms with Crippen molar-refractivity contribution in [1.82, 2.24) is 0 Å². The molecular weight excluding hydrogens is 123 g/mol. The molecular formula is C5H15LiSi2. The first-order chi connectivity index (χ1) is 2.94. The third kappa shape index (κ3) is 5.17. The summed E-state index contributed by atoms with van der Waals surface area (Å²) in [5, 5.41) is 0. The van der Waals surface area contributed by atoms with Gasteiger partial charge in [0.05, 0.1) is 0 Å². The summed E-state index contributed by atoms with van der Waals surface area (Å²) >= 11 is 0. The van der Waals surface area contributed by atoms with Crippen LogP contribution in [-0.2, 0) is 0 Å². The molecule has 3 heteroatoms. The van der Waals surface area contributed by atoms with Crippen molar-refractivity contribution in [1.29, 1.82) is 0 Å². The van der Waals surface area contributed by atoms with Gasteiger partial charge in [-0.2, -0.15) is 13.1 Å². The molecule has 0 aromatic rings. The van der Waals surface area contributed by atoms with E-state index in [9.17, 15) is 0 Å². The third-order valence-electron chi connectivity index (χ3n) is 1.50. The Balaban J connectivity index is 0. The molecule has 0 unspecified atom stereocenters. The standard InChI is InChI=1S/C5H15Si2.Li/c1-6(2)7(3,4)5;/h1-5H3;/q-1;+1. The first kappa shape index (κ1) is 11.8. The fraction of sp³-hybridized carbons (Fsp3) is 1.00. The molecule has 0 aliphatic carbocycles. The van der Waals surface area contributed by atoms with Gasteiger partial charge >= 0.3 is 18.9 Å². The first-order valence-electron chi connectivity index (χ1n) is 2.75. The fourth-order valence-electron chi connectivity index (χ4n) is 0. The minimum absolute atomic E-state index is 0. The minimum Gasteiger partial charge on any atom is -0.265 e. The molecule has 0 aliphatic heterocycles. The van der Waals surface area contributed by atoms with Crippen molar-refractivity contribution in [3.63, 3.8) is 0 Å². The molecule has 0 saturated carbocycles. The molecule has 0 rings (SSSR count). The van der Waals surface area contributed by atoms with Crippen molar-refractivity contribution < 1.29 is 18.9 Å². The topological polar surface area (TPSA) is 0 Å². The molecule has 44 valence electrons. The normalized spacial score (nSPS) is 11.2. The second-order valence-corrected chi connectivity index (χ2v) is 17.2.